The van der Waals surface area contributed by atoms with Gasteiger partial charge in [0.05, 0.1) is 16.5 Å². The van der Waals surface area contributed by atoms with Gasteiger partial charge in [0, 0.05) is 17.5 Å². The molecule has 0 fully saturated rings. The number of aromatic nitrogens is 2. The molecule has 5 rings (SSSR count). The number of furan rings is 1. The van der Waals surface area contributed by atoms with Gasteiger partial charge in [-0.25, -0.2) is 0 Å². The quantitative estimate of drug-likeness (QED) is 0.263. The molecule has 0 saturated heterocycles. The van der Waals surface area contributed by atoms with E-state index in [1.54, 1.807) is 31.2 Å². The molecule has 1 unspecified atom stereocenters. The van der Waals surface area contributed by atoms with E-state index in [4.69, 9.17) is 4.42 Å². The van der Waals surface area contributed by atoms with Crippen LogP contribution in [0.25, 0.3) is 11.0 Å². The lowest BCUT2D eigenvalue weighted by Gasteiger charge is -2.23. The van der Waals surface area contributed by atoms with Crippen molar-refractivity contribution in [3.63, 3.8) is 0 Å². The number of aryl methyl sites for hydroxylation is 1. The Balaban J connectivity index is 1.68. The van der Waals surface area contributed by atoms with Crippen LogP contribution in [0.1, 0.15) is 27.2 Å². The first-order chi connectivity index (χ1) is 15.8. The molecule has 3 heterocycles. The zero-order chi connectivity index (χ0) is 23.3. The number of para-hydroxylation sites is 1. The highest BCUT2D eigenvalue weighted by atomic mass is 32.1. The van der Waals surface area contributed by atoms with E-state index in [1.807, 2.05) is 0 Å². The number of nitro groups is 1. The molecule has 2 aromatic carbocycles. The van der Waals surface area contributed by atoms with Crippen molar-refractivity contribution in [2.45, 2.75) is 13.0 Å². The van der Waals surface area contributed by atoms with E-state index in [0.717, 1.165) is 16.2 Å². The van der Waals surface area contributed by atoms with Gasteiger partial charge in [-0.2, -0.15) is 0 Å². The molecule has 0 spiro atoms. The van der Waals surface area contributed by atoms with E-state index in [-0.39, 0.29) is 27.7 Å². The van der Waals surface area contributed by atoms with Gasteiger partial charge in [-0.05, 0) is 24.6 Å². The highest BCUT2D eigenvalue weighted by molar-refractivity contribution is 7.15. The average Bonchev–Trinajstić information content (AvgIpc) is 3.50. The fourth-order valence-corrected chi connectivity index (χ4v) is 4.48. The number of anilines is 1. The van der Waals surface area contributed by atoms with E-state index in [9.17, 15) is 24.8 Å². The predicted octanol–water partition coefficient (Wildman–Crippen LogP) is 4.28. The second-order valence-electron chi connectivity index (χ2n) is 7.27. The summed E-state index contributed by atoms with van der Waals surface area (Å²) in [5, 5.41) is 31.4. The molecule has 11 heteroatoms. The van der Waals surface area contributed by atoms with Crippen LogP contribution in [0.15, 0.2) is 70.3 Å². The second kappa shape index (κ2) is 7.64. The maximum absolute atomic E-state index is 13.5. The Morgan fingerprint density at radius 1 is 1.18 bits per heavy atom. The van der Waals surface area contributed by atoms with E-state index in [1.165, 1.54) is 30.3 Å². The number of ketones is 1. The van der Waals surface area contributed by atoms with Crippen molar-refractivity contribution in [3.05, 3.63) is 92.4 Å². The van der Waals surface area contributed by atoms with Crippen LogP contribution in [0.4, 0.5) is 10.8 Å². The van der Waals surface area contributed by atoms with E-state index in [0.29, 0.717) is 16.0 Å². The van der Waals surface area contributed by atoms with Gasteiger partial charge in [-0.3, -0.25) is 24.6 Å². The number of non-ortho nitro benzene ring substituents is 1. The van der Waals surface area contributed by atoms with E-state index >= 15 is 0 Å². The highest BCUT2D eigenvalue weighted by Gasteiger charge is 2.47. The Morgan fingerprint density at radius 2 is 1.97 bits per heavy atom. The molecule has 1 aliphatic heterocycles. The van der Waals surface area contributed by atoms with Gasteiger partial charge in [0.2, 0.25) is 10.9 Å². The number of rotatable bonds is 5. The minimum Gasteiger partial charge on any atom is -0.503 e. The summed E-state index contributed by atoms with van der Waals surface area (Å²) in [5.41, 5.74) is 0.241. The summed E-state index contributed by atoms with van der Waals surface area (Å²) >= 11 is 1.09. The Morgan fingerprint density at radius 3 is 2.67 bits per heavy atom. The number of Topliss-reactive ketones (excluding diaryl/α,β-unsaturated/α-hetero) is 1. The predicted molar refractivity (Wildman–Crippen MR) is 118 cm³/mol. The van der Waals surface area contributed by atoms with Crippen molar-refractivity contribution in [2.24, 2.45) is 0 Å². The van der Waals surface area contributed by atoms with Crippen LogP contribution < -0.4 is 4.90 Å². The maximum Gasteiger partial charge on any atom is 0.296 e. The van der Waals surface area contributed by atoms with Crippen LogP contribution in [-0.2, 0) is 4.79 Å². The van der Waals surface area contributed by atoms with Crippen molar-refractivity contribution in [2.75, 3.05) is 4.90 Å². The molecular weight excluding hydrogens is 448 g/mol. The molecule has 33 heavy (non-hydrogen) atoms. The topological polar surface area (TPSA) is 140 Å². The molecule has 0 bridgehead atoms. The number of fused-ring (bicyclic) bond motifs is 1. The van der Waals surface area contributed by atoms with Crippen LogP contribution in [0, 0.1) is 17.0 Å². The lowest BCUT2D eigenvalue weighted by Crippen LogP contribution is -2.31. The number of carbonyl (C=O) groups is 2. The van der Waals surface area contributed by atoms with E-state index in [2.05, 4.69) is 10.2 Å². The fraction of sp³-hybridized carbons (Fsp3) is 0.0909. The third kappa shape index (κ3) is 3.34. The largest absolute Gasteiger partial charge is 0.503 e. The maximum atomic E-state index is 13.5. The summed E-state index contributed by atoms with van der Waals surface area (Å²) in [5.74, 6) is -2.42. The molecule has 1 atom stereocenters. The number of benzene rings is 2. The Hall–Kier alpha value is -4.38. The first-order valence-corrected chi connectivity index (χ1v) is 10.5. The molecule has 2 aromatic heterocycles. The molecule has 1 N–H and O–H groups in total. The zero-order valence-electron chi connectivity index (χ0n) is 17.0. The average molecular weight is 462 g/mol. The monoisotopic (exact) mass is 462 g/mol. The normalized spacial score (nSPS) is 16.1. The number of nitro benzene ring substituents is 1. The fourth-order valence-electron chi connectivity index (χ4n) is 3.77. The van der Waals surface area contributed by atoms with Crippen LogP contribution >= 0.6 is 11.3 Å². The minimum absolute atomic E-state index is 0.0729. The molecular formula is C22H14N4O6S. The highest BCUT2D eigenvalue weighted by Crippen LogP contribution is 2.43. The van der Waals surface area contributed by atoms with Crippen LogP contribution in [-0.4, -0.2) is 31.9 Å². The smallest absolute Gasteiger partial charge is 0.296 e. The molecule has 1 amide bonds. The van der Waals surface area contributed by atoms with Crippen LogP contribution in [0.5, 0.6) is 0 Å². The second-order valence-corrected chi connectivity index (χ2v) is 8.43. The number of nitrogens with zero attached hydrogens (tertiary/aromatic N) is 4. The summed E-state index contributed by atoms with van der Waals surface area (Å²) in [6, 6.07) is 12.9. The van der Waals surface area contributed by atoms with Crippen molar-refractivity contribution in [3.8, 4) is 0 Å². The van der Waals surface area contributed by atoms with Crippen molar-refractivity contribution in [1.29, 1.82) is 0 Å². The summed E-state index contributed by atoms with van der Waals surface area (Å²) in [7, 11) is 0. The van der Waals surface area contributed by atoms with Gasteiger partial charge >= 0.3 is 0 Å². The van der Waals surface area contributed by atoms with Crippen molar-refractivity contribution >= 4 is 44.8 Å². The Labute approximate surface area is 189 Å². The summed E-state index contributed by atoms with van der Waals surface area (Å²) in [6.07, 6.45) is 0. The molecule has 0 saturated carbocycles. The molecule has 10 nitrogen and oxygen atoms in total. The SMILES string of the molecule is Cc1nnc(N2C(=O)C(O)=C(C(=O)c3cc4ccccc4o3)C2c2cccc([N+](=O)[O-])c2)s1. The van der Waals surface area contributed by atoms with Gasteiger partial charge in [0.1, 0.15) is 10.6 Å². The Kier molecular flexibility index (Phi) is 4.75. The van der Waals surface area contributed by atoms with Gasteiger partial charge in [-0.15, -0.1) is 10.2 Å². The summed E-state index contributed by atoms with van der Waals surface area (Å²) in [6.45, 7) is 1.69. The zero-order valence-corrected chi connectivity index (χ0v) is 17.8. The number of hydrogen-bond donors (Lipinski definition) is 1. The lowest BCUT2D eigenvalue weighted by atomic mass is 9.95. The standard InChI is InChI=1S/C22H14N4O6S/c1-11-23-24-22(33-11)25-18(13-6-4-7-14(9-13)26(30)31)17(20(28)21(25)29)19(27)16-10-12-5-2-3-8-15(12)32-16/h2-10,18,28H,1H3. The molecule has 164 valence electrons. The van der Waals surface area contributed by atoms with Crippen LogP contribution in [0.3, 0.4) is 0 Å². The first-order valence-electron chi connectivity index (χ1n) is 9.69. The summed E-state index contributed by atoms with van der Waals surface area (Å²) < 4.78 is 5.66. The molecule has 0 aliphatic carbocycles. The van der Waals surface area contributed by atoms with Gasteiger partial charge in [0.25, 0.3) is 11.6 Å². The number of aliphatic hydroxyl groups excluding tert-OH is 1. The number of carbonyl (C=O) groups excluding carboxylic acids is 2. The lowest BCUT2D eigenvalue weighted by molar-refractivity contribution is -0.384. The number of amides is 1. The van der Waals surface area contributed by atoms with Gasteiger partial charge < -0.3 is 9.52 Å². The third-order valence-electron chi connectivity index (χ3n) is 5.22. The van der Waals surface area contributed by atoms with Crippen molar-refractivity contribution in [1.82, 2.24) is 10.2 Å². The van der Waals surface area contributed by atoms with E-state index < -0.39 is 28.4 Å². The molecule has 1 aliphatic rings. The third-order valence-corrected chi connectivity index (χ3v) is 6.06. The first kappa shape index (κ1) is 20.5. The number of hydrogen-bond acceptors (Lipinski definition) is 9. The summed E-state index contributed by atoms with van der Waals surface area (Å²) in [4.78, 5) is 38.5. The number of aliphatic hydroxyl groups is 1. The molecule has 0 radical (unpaired) electrons. The van der Waals surface area contributed by atoms with Gasteiger partial charge in [-0.1, -0.05) is 41.7 Å². The minimum atomic E-state index is -1.16. The molecule has 4 aromatic rings. The van der Waals surface area contributed by atoms with Crippen LogP contribution in [0.2, 0.25) is 0 Å². The Bertz CT molecular complexity index is 1450. The van der Waals surface area contributed by atoms with Crippen molar-refractivity contribution < 1.29 is 24.0 Å². The van der Waals surface area contributed by atoms with Gasteiger partial charge in [0.15, 0.2) is 11.5 Å².